The molecule has 4 aromatic rings. The Morgan fingerprint density at radius 1 is 0.773 bits per heavy atom. The van der Waals surface area contributed by atoms with Crippen molar-refractivity contribution in [3.63, 3.8) is 0 Å². The number of hydrogen-bond donors (Lipinski definition) is 0. The lowest BCUT2D eigenvalue weighted by Gasteiger charge is -2.09. The number of nitrogens with zero attached hydrogens (tertiary/aromatic N) is 2. The minimum atomic E-state index is 0.969. The van der Waals surface area contributed by atoms with Crippen LogP contribution in [0.1, 0.15) is 0 Å². The average Bonchev–Trinajstić information content (AvgIpc) is 2.95. The van der Waals surface area contributed by atoms with Crippen LogP contribution in [0, 0.1) is 0 Å². The standard InChI is InChI=1S/C19H15N2P/c22-16-10-6-7-14(13-16)19-20-17-11-4-5-12-18(17)21(19)15-8-2-1-3-9-15/h1-13H,22H2. The van der Waals surface area contributed by atoms with Crippen LogP contribution < -0.4 is 5.30 Å². The third-order valence-corrected chi connectivity index (χ3v) is 4.08. The van der Waals surface area contributed by atoms with Crippen LogP contribution in [0.4, 0.5) is 0 Å². The molecule has 0 amide bonds. The molecule has 0 saturated carbocycles. The summed E-state index contributed by atoms with van der Waals surface area (Å²) in [5.41, 5.74) is 4.38. The molecule has 0 saturated heterocycles. The normalized spacial score (nSPS) is 11.0. The van der Waals surface area contributed by atoms with Gasteiger partial charge in [0, 0.05) is 11.3 Å². The first-order chi connectivity index (χ1) is 10.8. The summed E-state index contributed by atoms with van der Waals surface area (Å²) in [6, 6.07) is 27.0. The Labute approximate surface area is 131 Å². The molecule has 2 nitrogen and oxygen atoms in total. The molecule has 0 spiro atoms. The molecule has 106 valence electrons. The summed E-state index contributed by atoms with van der Waals surface area (Å²) in [4.78, 5) is 4.85. The predicted molar refractivity (Wildman–Crippen MR) is 95.9 cm³/mol. The molecular weight excluding hydrogens is 287 g/mol. The maximum atomic E-state index is 4.85. The van der Waals surface area contributed by atoms with E-state index < -0.39 is 0 Å². The Morgan fingerprint density at radius 3 is 2.36 bits per heavy atom. The van der Waals surface area contributed by atoms with Crippen LogP contribution in [-0.2, 0) is 0 Å². The largest absolute Gasteiger partial charge is 0.292 e. The number of aromatic nitrogens is 2. The van der Waals surface area contributed by atoms with Crippen molar-refractivity contribution in [1.29, 1.82) is 0 Å². The van der Waals surface area contributed by atoms with E-state index in [1.165, 1.54) is 0 Å². The van der Waals surface area contributed by atoms with Gasteiger partial charge in [0.05, 0.1) is 11.0 Å². The molecule has 1 heterocycles. The maximum absolute atomic E-state index is 4.85. The summed E-state index contributed by atoms with van der Waals surface area (Å²) in [7, 11) is 2.75. The molecule has 22 heavy (non-hydrogen) atoms. The van der Waals surface area contributed by atoms with Gasteiger partial charge < -0.3 is 0 Å². The zero-order valence-electron chi connectivity index (χ0n) is 12.0. The summed E-state index contributed by atoms with van der Waals surface area (Å²) < 4.78 is 2.22. The highest BCUT2D eigenvalue weighted by atomic mass is 31.0. The van der Waals surface area contributed by atoms with E-state index in [0.717, 1.165) is 33.4 Å². The van der Waals surface area contributed by atoms with Gasteiger partial charge in [-0.15, -0.1) is 9.24 Å². The van der Waals surface area contributed by atoms with Gasteiger partial charge in [0.15, 0.2) is 0 Å². The fourth-order valence-corrected chi connectivity index (χ4v) is 3.03. The lowest BCUT2D eigenvalue weighted by atomic mass is 10.2. The minimum Gasteiger partial charge on any atom is -0.292 e. The Morgan fingerprint density at radius 2 is 1.55 bits per heavy atom. The van der Waals surface area contributed by atoms with Gasteiger partial charge in [0.1, 0.15) is 5.82 Å². The fourth-order valence-electron chi connectivity index (χ4n) is 2.74. The molecule has 3 aromatic carbocycles. The molecule has 0 aliphatic rings. The number of para-hydroxylation sites is 3. The predicted octanol–water partition coefficient (Wildman–Crippen LogP) is 4.19. The number of hydrogen-bond acceptors (Lipinski definition) is 1. The Hall–Kier alpha value is -2.44. The van der Waals surface area contributed by atoms with Gasteiger partial charge in [-0.05, 0) is 35.6 Å². The van der Waals surface area contributed by atoms with Gasteiger partial charge in [0.2, 0.25) is 0 Å². The van der Waals surface area contributed by atoms with Crippen molar-refractivity contribution >= 4 is 25.6 Å². The van der Waals surface area contributed by atoms with Crippen LogP contribution in [0.5, 0.6) is 0 Å². The van der Waals surface area contributed by atoms with E-state index in [0.29, 0.717) is 0 Å². The zero-order valence-corrected chi connectivity index (χ0v) is 13.1. The van der Waals surface area contributed by atoms with Crippen molar-refractivity contribution in [2.75, 3.05) is 0 Å². The first-order valence-electron chi connectivity index (χ1n) is 7.22. The van der Waals surface area contributed by atoms with Crippen molar-refractivity contribution in [3.05, 3.63) is 78.9 Å². The van der Waals surface area contributed by atoms with Crippen molar-refractivity contribution < 1.29 is 0 Å². The molecule has 1 aromatic heterocycles. The summed E-state index contributed by atoms with van der Waals surface area (Å²) in [5, 5.41) is 1.16. The van der Waals surface area contributed by atoms with E-state index in [1.807, 2.05) is 12.1 Å². The quantitative estimate of drug-likeness (QED) is 0.508. The SMILES string of the molecule is Pc1cccc(-c2nc3ccccc3n2-c2ccccc2)c1. The van der Waals surface area contributed by atoms with Crippen LogP contribution >= 0.6 is 9.24 Å². The van der Waals surface area contributed by atoms with Crippen molar-refractivity contribution in [3.8, 4) is 17.1 Å². The van der Waals surface area contributed by atoms with Gasteiger partial charge in [-0.25, -0.2) is 4.98 Å². The van der Waals surface area contributed by atoms with Crippen LogP contribution in [0.25, 0.3) is 28.1 Å². The van der Waals surface area contributed by atoms with E-state index in [4.69, 9.17) is 4.98 Å². The van der Waals surface area contributed by atoms with E-state index in [-0.39, 0.29) is 0 Å². The van der Waals surface area contributed by atoms with Gasteiger partial charge in [-0.2, -0.15) is 0 Å². The third kappa shape index (κ3) is 2.22. The molecule has 0 aliphatic carbocycles. The van der Waals surface area contributed by atoms with Gasteiger partial charge in [-0.1, -0.05) is 48.5 Å². The molecule has 0 aliphatic heterocycles. The Balaban J connectivity index is 2.06. The maximum Gasteiger partial charge on any atom is 0.145 e. The topological polar surface area (TPSA) is 17.8 Å². The van der Waals surface area contributed by atoms with Gasteiger partial charge >= 0.3 is 0 Å². The van der Waals surface area contributed by atoms with E-state index in [2.05, 4.69) is 80.5 Å². The third-order valence-electron chi connectivity index (χ3n) is 3.72. The Bertz CT molecular complexity index is 942. The molecule has 4 rings (SSSR count). The van der Waals surface area contributed by atoms with E-state index in [1.54, 1.807) is 0 Å². The molecule has 0 bridgehead atoms. The first kappa shape index (κ1) is 13.2. The van der Waals surface area contributed by atoms with Crippen molar-refractivity contribution in [2.45, 2.75) is 0 Å². The van der Waals surface area contributed by atoms with Gasteiger partial charge in [-0.3, -0.25) is 4.57 Å². The zero-order chi connectivity index (χ0) is 14.9. The summed E-state index contributed by atoms with van der Waals surface area (Å²) >= 11 is 0. The second-order valence-corrected chi connectivity index (χ2v) is 5.89. The van der Waals surface area contributed by atoms with Crippen LogP contribution in [0.2, 0.25) is 0 Å². The number of benzene rings is 3. The second-order valence-electron chi connectivity index (χ2n) is 5.22. The van der Waals surface area contributed by atoms with E-state index >= 15 is 0 Å². The highest BCUT2D eigenvalue weighted by molar-refractivity contribution is 7.27. The number of rotatable bonds is 2. The number of fused-ring (bicyclic) bond motifs is 1. The van der Waals surface area contributed by atoms with Crippen LogP contribution in [-0.4, -0.2) is 9.55 Å². The molecule has 1 atom stereocenters. The molecule has 0 fully saturated rings. The first-order valence-corrected chi connectivity index (χ1v) is 7.79. The Kier molecular flexibility index (Phi) is 3.25. The molecular formula is C19H15N2P. The number of imidazole rings is 1. The molecule has 0 radical (unpaired) electrons. The monoisotopic (exact) mass is 302 g/mol. The molecule has 1 unspecified atom stereocenters. The average molecular weight is 302 g/mol. The fraction of sp³-hybridized carbons (Fsp3) is 0. The van der Waals surface area contributed by atoms with Crippen LogP contribution in [0.3, 0.4) is 0 Å². The van der Waals surface area contributed by atoms with Gasteiger partial charge in [0.25, 0.3) is 0 Å². The van der Waals surface area contributed by atoms with Crippen LogP contribution in [0.15, 0.2) is 78.9 Å². The highest BCUT2D eigenvalue weighted by Crippen LogP contribution is 2.28. The second kappa shape index (κ2) is 5.40. The summed E-state index contributed by atoms with van der Waals surface area (Å²) in [6.45, 7) is 0. The smallest absolute Gasteiger partial charge is 0.145 e. The van der Waals surface area contributed by atoms with E-state index in [9.17, 15) is 0 Å². The lowest BCUT2D eigenvalue weighted by Crippen LogP contribution is -1.99. The minimum absolute atomic E-state index is 0.969. The van der Waals surface area contributed by atoms with Crippen molar-refractivity contribution in [2.24, 2.45) is 0 Å². The summed E-state index contributed by atoms with van der Waals surface area (Å²) in [6.07, 6.45) is 0. The molecule has 0 N–H and O–H groups in total. The molecule has 3 heteroatoms. The lowest BCUT2D eigenvalue weighted by molar-refractivity contribution is 1.10. The highest BCUT2D eigenvalue weighted by Gasteiger charge is 2.13. The summed E-state index contributed by atoms with van der Waals surface area (Å²) in [5.74, 6) is 0.969. The van der Waals surface area contributed by atoms with Crippen molar-refractivity contribution in [1.82, 2.24) is 9.55 Å².